The van der Waals surface area contributed by atoms with E-state index in [-0.39, 0.29) is 24.4 Å². The molecule has 23 heavy (non-hydrogen) atoms. The molecule has 0 saturated heterocycles. The van der Waals surface area contributed by atoms with Crippen LogP contribution in [0.25, 0.3) is 0 Å². The van der Waals surface area contributed by atoms with Crippen molar-refractivity contribution in [1.82, 2.24) is 19.9 Å². The summed E-state index contributed by atoms with van der Waals surface area (Å²) in [6.45, 7) is 8.27. The summed E-state index contributed by atoms with van der Waals surface area (Å²) < 4.78 is 11.9. The molecular weight excluding hydrogens is 300 g/mol. The smallest absolute Gasteiger partial charge is 0.410 e. The highest BCUT2D eigenvalue weighted by atomic mass is 16.6. The lowest BCUT2D eigenvalue weighted by atomic mass is 10.1. The lowest BCUT2D eigenvalue weighted by Crippen LogP contribution is -2.48. The number of esters is 1. The molecule has 1 amide bonds. The van der Waals surface area contributed by atoms with Gasteiger partial charge in [0.15, 0.2) is 5.69 Å². The Balaban J connectivity index is 2.29. The Bertz CT molecular complexity index is 591. The van der Waals surface area contributed by atoms with Crippen molar-refractivity contribution in [2.45, 2.75) is 65.3 Å². The molecule has 1 unspecified atom stereocenters. The van der Waals surface area contributed by atoms with Crippen LogP contribution in [0.2, 0.25) is 0 Å². The molecule has 8 nitrogen and oxygen atoms in total. The highest BCUT2D eigenvalue weighted by Crippen LogP contribution is 2.24. The van der Waals surface area contributed by atoms with Gasteiger partial charge in [0.25, 0.3) is 0 Å². The topological polar surface area (TPSA) is 86.6 Å². The van der Waals surface area contributed by atoms with E-state index in [4.69, 9.17) is 9.47 Å². The Hall–Kier alpha value is -2.12. The number of carbonyl (C=O) groups is 2. The first-order valence-corrected chi connectivity index (χ1v) is 7.77. The summed E-state index contributed by atoms with van der Waals surface area (Å²) in [5.41, 5.74) is 0.153. The summed E-state index contributed by atoms with van der Waals surface area (Å²) in [6, 6.07) is -0.0328. The zero-order valence-corrected chi connectivity index (χ0v) is 14.3. The SMILES string of the molecule is CCCC1Cn2nnc(C(=O)OC)c2CN1C(=O)OC(C)(C)C. The Labute approximate surface area is 135 Å². The van der Waals surface area contributed by atoms with E-state index in [0.717, 1.165) is 12.8 Å². The summed E-state index contributed by atoms with van der Waals surface area (Å²) in [7, 11) is 1.29. The molecule has 1 aliphatic rings. The number of methoxy groups -OCH3 is 1. The number of rotatable bonds is 3. The quantitative estimate of drug-likeness (QED) is 0.790. The van der Waals surface area contributed by atoms with Gasteiger partial charge in [0.1, 0.15) is 5.60 Å². The number of nitrogens with zero attached hydrogens (tertiary/aromatic N) is 4. The standard InChI is InChI=1S/C15H24N4O4/c1-6-7-10-8-19-11(12(16-17-19)13(20)22-5)9-18(10)14(21)23-15(2,3)4/h10H,6-9H2,1-5H3. The van der Waals surface area contributed by atoms with Crippen LogP contribution in [0.1, 0.15) is 56.7 Å². The molecule has 0 radical (unpaired) electrons. The highest BCUT2D eigenvalue weighted by molar-refractivity contribution is 5.88. The zero-order chi connectivity index (χ0) is 17.2. The summed E-state index contributed by atoms with van der Waals surface area (Å²) in [5, 5.41) is 7.90. The van der Waals surface area contributed by atoms with E-state index in [1.807, 2.05) is 20.8 Å². The summed E-state index contributed by atoms with van der Waals surface area (Å²) in [4.78, 5) is 26.0. The van der Waals surface area contributed by atoms with Crippen molar-refractivity contribution in [2.75, 3.05) is 7.11 Å². The first kappa shape index (κ1) is 17.2. The minimum atomic E-state index is -0.574. The van der Waals surface area contributed by atoms with Crippen LogP contribution >= 0.6 is 0 Å². The minimum absolute atomic E-state index is 0.0328. The first-order chi connectivity index (χ1) is 10.8. The van der Waals surface area contributed by atoms with Crippen LogP contribution in [-0.2, 0) is 22.6 Å². The van der Waals surface area contributed by atoms with E-state index in [2.05, 4.69) is 17.2 Å². The second kappa shape index (κ2) is 6.55. The largest absolute Gasteiger partial charge is 0.464 e. The Morgan fingerprint density at radius 3 is 2.61 bits per heavy atom. The second-order valence-electron chi connectivity index (χ2n) is 6.61. The molecule has 1 aromatic rings. The Morgan fingerprint density at radius 2 is 2.04 bits per heavy atom. The van der Waals surface area contributed by atoms with Crippen LogP contribution < -0.4 is 0 Å². The number of carbonyl (C=O) groups excluding carboxylic acids is 2. The van der Waals surface area contributed by atoms with Gasteiger partial charge in [-0.1, -0.05) is 18.6 Å². The first-order valence-electron chi connectivity index (χ1n) is 7.77. The van der Waals surface area contributed by atoms with Crippen molar-refractivity contribution in [2.24, 2.45) is 0 Å². The average molecular weight is 324 g/mol. The van der Waals surface area contributed by atoms with E-state index < -0.39 is 11.6 Å². The number of ether oxygens (including phenoxy) is 2. The van der Waals surface area contributed by atoms with Crippen LogP contribution in [0.3, 0.4) is 0 Å². The second-order valence-corrected chi connectivity index (χ2v) is 6.61. The molecule has 8 heteroatoms. The molecule has 1 atom stereocenters. The predicted octanol–water partition coefficient (Wildman–Crippen LogP) is 1.98. The number of hydrogen-bond acceptors (Lipinski definition) is 6. The molecule has 2 heterocycles. The van der Waals surface area contributed by atoms with Crippen LogP contribution in [0.15, 0.2) is 0 Å². The lowest BCUT2D eigenvalue weighted by molar-refractivity contribution is 0.00519. The van der Waals surface area contributed by atoms with Gasteiger partial charge in [0, 0.05) is 0 Å². The van der Waals surface area contributed by atoms with Gasteiger partial charge in [0.05, 0.1) is 31.9 Å². The maximum absolute atomic E-state index is 12.5. The molecule has 2 rings (SSSR count). The van der Waals surface area contributed by atoms with E-state index >= 15 is 0 Å². The van der Waals surface area contributed by atoms with Crippen molar-refractivity contribution in [1.29, 1.82) is 0 Å². The van der Waals surface area contributed by atoms with Crippen molar-refractivity contribution in [3.63, 3.8) is 0 Å². The van der Waals surface area contributed by atoms with Gasteiger partial charge in [-0.3, -0.25) is 4.90 Å². The Morgan fingerprint density at radius 1 is 1.35 bits per heavy atom. The molecule has 0 N–H and O–H groups in total. The normalized spacial score (nSPS) is 17.6. The monoisotopic (exact) mass is 324 g/mol. The van der Waals surface area contributed by atoms with Gasteiger partial charge in [-0.15, -0.1) is 5.10 Å². The zero-order valence-electron chi connectivity index (χ0n) is 14.3. The van der Waals surface area contributed by atoms with Gasteiger partial charge in [-0.05, 0) is 27.2 Å². The fraction of sp³-hybridized carbons (Fsp3) is 0.733. The molecule has 0 saturated carbocycles. The third-order valence-electron chi connectivity index (χ3n) is 3.61. The van der Waals surface area contributed by atoms with Gasteiger partial charge in [-0.2, -0.15) is 0 Å². The molecule has 0 bridgehead atoms. The molecule has 0 fully saturated rings. The van der Waals surface area contributed by atoms with Crippen molar-refractivity contribution >= 4 is 12.1 Å². The van der Waals surface area contributed by atoms with Crippen LogP contribution in [-0.4, -0.2) is 50.7 Å². The van der Waals surface area contributed by atoms with Gasteiger partial charge >= 0.3 is 12.1 Å². The predicted molar refractivity (Wildman–Crippen MR) is 81.8 cm³/mol. The maximum Gasteiger partial charge on any atom is 0.410 e. The maximum atomic E-state index is 12.5. The number of hydrogen-bond donors (Lipinski definition) is 0. The van der Waals surface area contributed by atoms with Crippen molar-refractivity contribution < 1.29 is 19.1 Å². The molecule has 0 aliphatic carbocycles. The number of aromatic nitrogens is 3. The van der Waals surface area contributed by atoms with E-state index in [0.29, 0.717) is 12.2 Å². The molecule has 1 aliphatic heterocycles. The summed E-state index contributed by atoms with van der Waals surface area (Å²) >= 11 is 0. The van der Waals surface area contributed by atoms with E-state index in [1.54, 1.807) is 9.58 Å². The van der Waals surface area contributed by atoms with Crippen molar-refractivity contribution in [3.8, 4) is 0 Å². The van der Waals surface area contributed by atoms with E-state index in [9.17, 15) is 9.59 Å². The molecule has 0 aromatic carbocycles. The van der Waals surface area contributed by atoms with Crippen LogP contribution in [0.5, 0.6) is 0 Å². The van der Waals surface area contributed by atoms with Gasteiger partial charge in [-0.25, -0.2) is 14.3 Å². The summed E-state index contributed by atoms with van der Waals surface area (Å²) in [5.74, 6) is -0.552. The average Bonchev–Trinajstić information content (AvgIpc) is 2.87. The summed E-state index contributed by atoms with van der Waals surface area (Å²) in [6.07, 6.45) is 1.36. The lowest BCUT2D eigenvalue weighted by Gasteiger charge is -2.36. The number of fused-ring (bicyclic) bond motifs is 1. The molecule has 128 valence electrons. The molecular formula is C15H24N4O4. The van der Waals surface area contributed by atoms with Crippen molar-refractivity contribution in [3.05, 3.63) is 11.4 Å². The Kier molecular flexibility index (Phi) is 4.91. The fourth-order valence-electron chi connectivity index (χ4n) is 2.59. The fourth-order valence-corrected chi connectivity index (χ4v) is 2.59. The van der Waals surface area contributed by atoms with Gasteiger partial charge < -0.3 is 9.47 Å². The van der Waals surface area contributed by atoms with Crippen LogP contribution in [0, 0.1) is 0 Å². The third kappa shape index (κ3) is 3.80. The van der Waals surface area contributed by atoms with Crippen LogP contribution in [0.4, 0.5) is 4.79 Å². The van der Waals surface area contributed by atoms with E-state index in [1.165, 1.54) is 7.11 Å². The number of amides is 1. The minimum Gasteiger partial charge on any atom is -0.464 e. The van der Waals surface area contributed by atoms with Gasteiger partial charge in [0.2, 0.25) is 0 Å². The highest BCUT2D eigenvalue weighted by Gasteiger charge is 2.36. The molecule has 0 spiro atoms. The third-order valence-corrected chi connectivity index (χ3v) is 3.61. The molecule has 1 aromatic heterocycles.